The van der Waals surface area contributed by atoms with Gasteiger partial charge in [0.1, 0.15) is 11.1 Å². The summed E-state index contributed by atoms with van der Waals surface area (Å²) in [7, 11) is 0. The Kier molecular flexibility index (Phi) is 3.17. The Bertz CT molecular complexity index is 444. The van der Waals surface area contributed by atoms with E-state index in [0.29, 0.717) is 0 Å². The summed E-state index contributed by atoms with van der Waals surface area (Å²) in [4.78, 5) is 0. The number of nitrogen functional groups attached to an aromatic ring is 1. The van der Waals surface area contributed by atoms with Gasteiger partial charge < -0.3 is 5.73 Å². The van der Waals surface area contributed by atoms with Gasteiger partial charge in [-0.1, -0.05) is 0 Å². The molecule has 10 heteroatoms. The SMILES string of the molecule is Nc1c(F)c(F)c(C(F)(F)F)c(F)c1C(F)(F)F. The normalized spacial score (nSPS) is 12.9. The second kappa shape index (κ2) is 3.95. The highest BCUT2D eigenvalue weighted by molar-refractivity contribution is 5.54. The Labute approximate surface area is 93.0 Å². The first-order valence-electron chi connectivity index (χ1n) is 3.99. The highest BCUT2D eigenvalue weighted by Gasteiger charge is 2.47. The van der Waals surface area contributed by atoms with Crippen LogP contribution in [0.3, 0.4) is 0 Å². The van der Waals surface area contributed by atoms with Crippen molar-refractivity contribution in [1.29, 1.82) is 0 Å². The lowest BCUT2D eigenvalue weighted by Gasteiger charge is -2.17. The topological polar surface area (TPSA) is 26.0 Å². The Morgan fingerprint density at radius 3 is 1.33 bits per heavy atom. The van der Waals surface area contributed by atoms with Crippen LogP contribution in [-0.2, 0) is 12.4 Å². The van der Waals surface area contributed by atoms with Crippen molar-refractivity contribution < 1.29 is 39.5 Å². The minimum absolute atomic E-state index is 2.06. The van der Waals surface area contributed by atoms with Gasteiger partial charge in [-0.05, 0) is 0 Å². The Hall–Kier alpha value is -1.61. The van der Waals surface area contributed by atoms with Crippen LogP contribution in [0.25, 0.3) is 0 Å². The number of rotatable bonds is 0. The van der Waals surface area contributed by atoms with Crippen molar-refractivity contribution >= 4 is 5.69 Å². The van der Waals surface area contributed by atoms with Crippen LogP contribution >= 0.6 is 0 Å². The van der Waals surface area contributed by atoms with Gasteiger partial charge in [0.25, 0.3) is 0 Å². The molecule has 1 aromatic rings. The molecule has 1 rings (SSSR count). The van der Waals surface area contributed by atoms with E-state index in [0.717, 1.165) is 0 Å². The van der Waals surface area contributed by atoms with Gasteiger partial charge >= 0.3 is 12.4 Å². The maximum Gasteiger partial charge on any atom is 0.422 e. The fraction of sp³-hybridized carbons (Fsp3) is 0.250. The van der Waals surface area contributed by atoms with Gasteiger partial charge in [0, 0.05) is 0 Å². The monoisotopic (exact) mass is 283 g/mol. The van der Waals surface area contributed by atoms with E-state index < -0.39 is 46.6 Å². The maximum atomic E-state index is 13.0. The number of nitrogens with two attached hydrogens (primary N) is 1. The largest absolute Gasteiger partial charge is 0.422 e. The minimum Gasteiger partial charge on any atom is -0.396 e. The van der Waals surface area contributed by atoms with Gasteiger partial charge in [0.15, 0.2) is 17.5 Å². The van der Waals surface area contributed by atoms with Crippen molar-refractivity contribution in [3.8, 4) is 0 Å². The summed E-state index contributed by atoms with van der Waals surface area (Å²) in [5, 5.41) is 0. The van der Waals surface area contributed by atoms with E-state index in [4.69, 9.17) is 0 Å². The minimum atomic E-state index is -5.83. The molecule has 0 aliphatic heterocycles. The first kappa shape index (κ1) is 14.5. The van der Waals surface area contributed by atoms with Gasteiger partial charge in [0.05, 0.1) is 5.69 Å². The quantitative estimate of drug-likeness (QED) is 0.438. The van der Waals surface area contributed by atoms with Crippen LogP contribution in [0.4, 0.5) is 45.2 Å². The lowest BCUT2D eigenvalue weighted by Crippen LogP contribution is -2.21. The molecule has 0 saturated heterocycles. The summed E-state index contributed by atoms with van der Waals surface area (Å²) in [6, 6.07) is 0. The fourth-order valence-electron chi connectivity index (χ4n) is 1.20. The van der Waals surface area contributed by atoms with Crippen LogP contribution in [0.15, 0.2) is 0 Å². The molecule has 0 atom stereocenters. The van der Waals surface area contributed by atoms with Crippen molar-refractivity contribution in [3.63, 3.8) is 0 Å². The highest BCUT2D eigenvalue weighted by atomic mass is 19.4. The van der Waals surface area contributed by atoms with Gasteiger partial charge in [-0.2, -0.15) is 26.3 Å². The Balaban J connectivity index is 3.83. The van der Waals surface area contributed by atoms with Crippen LogP contribution in [0.1, 0.15) is 11.1 Å². The molecule has 102 valence electrons. The van der Waals surface area contributed by atoms with Crippen LogP contribution in [-0.4, -0.2) is 0 Å². The molecule has 0 aliphatic rings. The molecule has 0 amide bonds. The smallest absolute Gasteiger partial charge is 0.396 e. The molecule has 2 N–H and O–H groups in total. The molecule has 0 unspecified atom stereocenters. The lowest BCUT2D eigenvalue weighted by molar-refractivity contribution is -0.149. The summed E-state index contributed by atoms with van der Waals surface area (Å²) in [6.45, 7) is 0. The van der Waals surface area contributed by atoms with Crippen LogP contribution < -0.4 is 5.73 Å². The van der Waals surface area contributed by atoms with Gasteiger partial charge in [-0.25, -0.2) is 13.2 Å². The summed E-state index contributed by atoms with van der Waals surface area (Å²) < 4.78 is 112. The van der Waals surface area contributed by atoms with E-state index in [1.807, 2.05) is 0 Å². The van der Waals surface area contributed by atoms with Crippen molar-refractivity contribution in [1.82, 2.24) is 0 Å². The molecule has 1 nitrogen and oxygen atoms in total. The molecular weight excluding hydrogens is 281 g/mol. The van der Waals surface area contributed by atoms with E-state index in [9.17, 15) is 39.5 Å². The number of benzene rings is 1. The third-order valence-corrected chi connectivity index (χ3v) is 1.92. The highest BCUT2D eigenvalue weighted by Crippen LogP contribution is 2.43. The first-order chi connectivity index (χ1) is 7.89. The second-order valence-corrected chi connectivity index (χ2v) is 3.10. The van der Waals surface area contributed by atoms with E-state index >= 15 is 0 Å². The zero-order valence-corrected chi connectivity index (χ0v) is 7.98. The predicted molar refractivity (Wildman–Crippen MR) is 40.7 cm³/mol. The summed E-state index contributed by atoms with van der Waals surface area (Å²) in [5.41, 5.74) is -3.28. The van der Waals surface area contributed by atoms with Crippen molar-refractivity contribution in [2.45, 2.75) is 12.4 Å². The van der Waals surface area contributed by atoms with Gasteiger partial charge in [0.2, 0.25) is 0 Å². The molecule has 0 spiro atoms. The Morgan fingerprint density at radius 1 is 0.611 bits per heavy atom. The predicted octanol–water partition coefficient (Wildman–Crippen LogP) is 3.72. The van der Waals surface area contributed by atoms with Gasteiger partial charge in [-0.15, -0.1) is 0 Å². The molecule has 0 aliphatic carbocycles. The molecule has 18 heavy (non-hydrogen) atoms. The van der Waals surface area contributed by atoms with Gasteiger partial charge in [-0.3, -0.25) is 0 Å². The number of alkyl halides is 6. The summed E-state index contributed by atoms with van der Waals surface area (Å²) >= 11 is 0. The van der Waals surface area contributed by atoms with Crippen LogP contribution in [0.2, 0.25) is 0 Å². The third-order valence-electron chi connectivity index (χ3n) is 1.92. The molecule has 0 bridgehead atoms. The maximum absolute atomic E-state index is 13.0. The molecule has 0 fully saturated rings. The third kappa shape index (κ3) is 2.18. The first-order valence-corrected chi connectivity index (χ1v) is 3.99. The number of anilines is 1. The molecule has 0 saturated carbocycles. The average Bonchev–Trinajstić information content (AvgIpc) is 2.09. The van der Waals surface area contributed by atoms with E-state index in [1.165, 1.54) is 0 Å². The zero-order valence-electron chi connectivity index (χ0n) is 7.98. The molecule has 1 aromatic carbocycles. The Morgan fingerprint density at radius 2 is 1.00 bits per heavy atom. The standard InChI is InChI=1S/C8H2F9N/c9-3-1(7(12,13)14)4(10)5(11)6(18)2(3)8(15,16)17/h18H2. The van der Waals surface area contributed by atoms with E-state index in [2.05, 4.69) is 5.73 Å². The second-order valence-electron chi connectivity index (χ2n) is 3.10. The molecule has 0 radical (unpaired) electrons. The van der Waals surface area contributed by atoms with Crippen molar-refractivity contribution in [2.75, 3.05) is 5.73 Å². The lowest BCUT2D eigenvalue weighted by atomic mass is 10.0. The number of hydrogen-bond donors (Lipinski definition) is 1. The molecular formula is C8H2F9N. The van der Waals surface area contributed by atoms with Crippen molar-refractivity contribution in [3.05, 3.63) is 28.6 Å². The molecule has 0 aromatic heterocycles. The summed E-state index contributed by atoms with van der Waals surface area (Å²) in [6.07, 6.45) is -11.5. The van der Waals surface area contributed by atoms with E-state index in [1.54, 1.807) is 0 Å². The fourth-order valence-corrected chi connectivity index (χ4v) is 1.20. The van der Waals surface area contributed by atoms with Crippen LogP contribution in [0.5, 0.6) is 0 Å². The number of halogens is 9. The van der Waals surface area contributed by atoms with E-state index in [-0.39, 0.29) is 0 Å². The van der Waals surface area contributed by atoms with Crippen LogP contribution in [0, 0.1) is 17.5 Å². The number of hydrogen-bond acceptors (Lipinski definition) is 1. The summed E-state index contributed by atoms with van der Waals surface area (Å²) in [5.74, 6) is -8.41. The van der Waals surface area contributed by atoms with Crippen molar-refractivity contribution in [2.24, 2.45) is 0 Å². The zero-order chi connectivity index (χ0) is 14.5. The molecule has 0 heterocycles. The average molecular weight is 283 g/mol.